The Hall–Kier alpha value is -3.55. The summed E-state index contributed by atoms with van der Waals surface area (Å²) in [7, 11) is 0. The molecule has 8 heteroatoms. The van der Waals surface area contributed by atoms with Crippen LogP contribution in [0.3, 0.4) is 0 Å². The van der Waals surface area contributed by atoms with Crippen LogP contribution in [0.1, 0.15) is 53.2 Å². The van der Waals surface area contributed by atoms with E-state index in [0.717, 1.165) is 17.0 Å². The highest BCUT2D eigenvalue weighted by molar-refractivity contribution is 5.98. The number of pyridine rings is 2. The van der Waals surface area contributed by atoms with Crippen LogP contribution in [0.25, 0.3) is 0 Å². The van der Waals surface area contributed by atoms with E-state index in [4.69, 9.17) is 0 Å². The molecule has 1 N–H and O–H groups in total. The summed E-state index contributed by atoms with van der Waals surface area (Å²) >= 11 is 0. The Labute approximate surface area is 175 Å². The number of hydrogen-bond donors (Lipinski definition) is 1. The zero-order valence-corrected chi connectivity index (χ0v) is 17.0. The standard InChI is InChI=1S/C22H24N6O2/c1-15(2)28-14-26-18-7-10-27(22(30)17-6-4-9-24-13-17)20(19(18)28)21(29)25-12-16-5-3-8-23-11-16/h3-6,8-9,11,13-15,20H,7,10,12H2,1-2H3,(H,25,29). The Bertz CT molecular complexity index is 1030. The van der Waals surface area contributed by atoms with Crippen molar-refractivity contribution < 1.29 is 9.59 Å². The Morgan fingerprint density at radius 1 is 1.17 bits per heavy atom. The second-order valence-electron chi connectivity index (χ2n) is 7.55. The number of amides is 2. The van der Waals surface area contributed by atoms with Crippen LogP contribution in [-0.2, 0) is 17.8 Å². The van der Waals surface area contributed by atoms with Crippen molar-refractivity contribution in [1.82, 2.24) is 29.7 Å². The predicted octanol–water partition coefficient (Wildman–Crippen LogP) is 2.31. The van der Waals surface area contributed by atoms with Gasteiger partial charge in [-0.2, -0.15) is 0 Å². The molecular formula is C22H24N6O2. The van der Waals surface area contributed by atoms with E-state index in [1.807, 2.05) is 30.5 Å². The largest absolute Gasteiger partial charge is 0.350 e. The van der Waals surface area contributed by atoms with Gasteiger partial charge < -0.3 is 14.8 Å². The van der Waals surface area contributed by atoms with E-state index in [0.29, 0.717) is 25.1 Å². The van der Waals surface area contributed by atoms with Crippen LogP contribution in [0.15, 0.2) is 55.4 Å². The van der Waals surface area contributed by atoms with Crippen molar-refractivity contribution in [2.75, 3.05) is 6.54 Å². The third-order valence-electron chi connectivity index (χ3n) is 5.24. The molecule has 0 aliphatic carbocycles. The Morgan fingerprint density at radius 3 is 2.60 bits per heavy atom. The van der Waals surface area contributed by atoms with Gasteiger partial charge in [0, 0.05) is 50.3 Å². The summed E-state index contributed by atoms with van der Waals surface area (Å²) in [5.74, 6) is -0.453. The summed E-state index contributed by atoms with van der Waals surface area (Å²) in [5, 5.41) is 2.97. The topological polar surface area (TPSA) is 93.0 Å². The van der Waals surface area contributed by atoms with Crippen LogP contribution in [0.5, 0.6) is 0 Å². The van der Waals surface area contributed by atoms with Gasteiger partial charge in [0.2, 0.25) is 5.91 Å². The SMILES string of the molecule is CC(C)n1cnc2c1C(C(=O)NCc1cccnc1)N(C(=O)c1cccnc1)CC2. The first-order valence-corrected chi connectivity index (χ1v) is 9.99. The number of rotatable bonds is 5. The molecule has 2 amide bonds. The smallest absolute Gasteiger partial charge is 0.256 e. The van der Waals surface area contributed by atoms with E-state index in [-0.39, 0.29) is 17.9 Å². The van der Waals surface area contributed by atoms with Crippen LogP contribution in [-0.4, -0.2) is 42.8 Å². The maximum absolute atomic E-state index is 13.4. The predicted molar refractivity (Wildman–Crippen MR) is 110 cm³/mol. The van der Waals surface area contributed by atoms with Crippen LogP contribution < -0.4 is 5.32 Å². The first-order chi connectivity index (χ1) is 14.6. The van der Waals surface area contributed by atoms with Crippen molar-refractivity contribution in [3.63, 3.8) is 0 Å². The lowest BCUT2D eigenvalue weighted by molar-refractivity contribution is -0.126. The molecule has 8 nitrogen and oxygen atoms in total. The Morgan fingerprint density at radius 2 is 1.93 bits per heavy atom. The van der Waals surface area contributed by atoms with Gasteiger partial charge in [0.25, 0.3) is 5.91 Å². The van der Waals surface area contributed by atoms with Crippen molar-refractivity contribution >= 4 is 11.8 Å². The van der Waals surface area contributed by atoms with E-state index < -0.39 is 6.04 Å². The summed E-state index contributed by atoms with van der Waals surface area (Å²) in [6, 6.07) is 6.52. The minimum atomic E-state index is -0.761. The third kappa shape index (κ3) is 3.80. The lowest BCUT2D eigenvalue weighted by atomic mass is 9.99. The molecule has 4 rings (SSSR count). The minimum absolute atomic E-state index is 0.114. The van der Waals surface area contributed by atoms with E-state index in [9.17, 15) is 9.59 Å². The maximum Gasteiger partial charge on any atom is 0.256 e. The quantitative estimate of drug-likeness (QED) is 0.704. The highest BCUT2D eigenvalue weighted by atomic mass is 16.2. The Balaban J connectivity index is 1.68. The normalized spacial score (nSPS) is 15.7. The number of nitrogens with one attached hydrogen (secondary N) is 1. The molecule has 0 saturated carbocycles. The minimum Gasteiger partial charge on any atom is -0.350 e. The highest BCUT2D eigenvalue weighted by Gasteiger charge is 2.39. The molecule has 1 unspecified atom stereocenters. The van der Waals surface area contributed by atoms with Crippen molar-refractivity contribution in [3.05, 3.63) is 77.9 Å². The highest BCUT2D eigenvalue weighted by Crippen LogP contribution is 2.32. The van der Waals surface area contributed by atoms with Crippen LogP contribution >= 0.6 is 0 Å². The van der Waals surface area contributed by atoms with E-state index >= 15 is 0 Å². The van der Waals surface area contributed by atoms with Gasteiger partial charge in [-0.25, -0.2) is 4.98 Å². The number of carbonyl (C=O) groups is 2. The summed E-state index contributed by atoms with van der Waals surface area (Å²) in [6.45, 7) is 4.83. The van der Waals surface area contributed by atoms with Gasteiger partial charge in [-0.05, 0) is 37.6 Å². The average molecular weight is 404 g/mol. The lowest BCUT2D eigenvalue weighted by Crippen LogP contribution is -2.48. The van der Waals surface area contributed by atoms with Crippen molar-refractivity contribution in [1.29, 1.82) is 0 Å². The van der Waals surface area contributed by atoms with Crippen molar-refractivity contribution in [2.45, 2.75) is 38.9 Å². The second kappa shape index (κ2) is 8.44. The van der Waals surface area contributed by atoms with Crippen molar-refractivity contribution in [3.8, 4) is 0 Å². The lowest BCUT2D eigenvalue weighted by Gasteiger charge is -2.36. The number of nitrogens with zero attached hydrogens (tertiary/aromatic N) is 5. The fourth-order valence-corrected chi connectivity index (χ4v) is 3.74. The van der Waals surface area contributed by atoms with E-state index in [1.165, 1.54) is 6.20 Å². The summed E-state index contributed by atoms with van der Waals surface area (Å²) < 4.78 is 1.98. The number of hydrogen-bond acceptors (Lipinski definition) is 5. The molecular weight excluding hydrogens is 380 g/mol. The average Bonchev–Trinajstić information content (AvgIpc) is 3.22. The molecule has 0 saturated heterocycles. The van der Waals surface area contributed by atoms with E-state index in [1.54, 1.807) is 42.0 Å². The first-order valence-electron chi connectivity index (χ1n) is 9.99. The molecule has 0 aromatic carbocycles. The van der Waals surface area contributed by atoms with Gasteiger partial charge >= 0.3 is 0 Å². The van der Waals surface area contributed by atoms with Crippen molar-refractivity contribution in [2.24, 2.45) is 0 Å². The molecule has 154 valence electrons. The number of imidazole rings is 1. The van der Waals surface area contributed by atoms with Crippen LogP contribution in [0.4, 0.5) is 0 Å². The van der Waals surface area contributed by atoms with Gasteiger partial charge in [-0.1, -0.05) is 6.07 Å². The first kappa shape index (κ1) is 19.8. The summed E-state index contributed by atoms with van der Waals surface area (Å²) in [4.78, 5) is 40.9. The molecule has 0 bridgehead atoms. The van der Waals surface area contributed by atoms with Gasteiger partial charge in [0.1, 0.15) is 0 Å². The Kier molecular flexibility index (Phi) is 5.56. The molecule has 1 atom stereocenters. The molecule has 1 aliphatic rings. The molecule has 3 aromatic rings. The molecule has 0 spiro atoms. The molecule has 30 heavy (non-hydrogen) atoms. The fourth-order valence-electron chi connectivity index (χ4n) is 3.74. The summed E-state index contributed by atoms with van der Waals surface area (Å²) in [5.41, 5.74) is 2.99. The van der Waals surface area contributed by atoms with Gasteiger partial charge in [0.05, 0.1) is 23.3 Å². The number of carbonyl (C=O) groups excluding carboxylic acids is 2. The fraction of sp³-hybridized carbons (Fsp3) is 0.318. The zero-order chi connectivity index (χ0) is 21.1. The molecule has 3 aromatic heterocycles. The van der Waals surface area contributed by atoms with E-state index in [2.05, 4.69) is 20.3 Å². The monoisotopic (exact) mass is 404 g/mol. The third-order valence-corrected chi connectivity index (χ3v) is 5.24. The van der Waals surface area contributed by atoms with Gasteiger partial charge in [-0.15, -0.1) is 0 Å². The van der Waals surface area contributed by atoms with Gasteiger partial charge in [-0.3, -0.25) is 19.6 Å². The molecule has 4 heterocycles. The van der Waals surface area contributed by atoms with Crippen LogP contribution in [0, 0.1) is 0 Å². The number of fused-ring (bicyclic) bond motifs is 1. The molecule has 1 aliphatic heterocycles. The second-order valence-corrected chi connectivity index (χ2v) is 7.55. The maximum atomic E-state index is 13.4. The van der Waals surface area contributed by atoms with Crippen LogP contribution in [0.2, 0.25) is 0 Å². The zero-order valence-electron chi connectivity index (χ0n) is 17.0. The number of aromatic nitrogens is 4. The molecule has 0 fully saturated rings. The van der Waals surface area contributed by atoms with Gasteiger partial charge in [0.15, 0.2) is 6.04 Å². The molecule has 0 radical (unpaired) electrons. The summed E-state index contributed by atoms with van der Waals surface area (Å²) in [6.07, 6.45) is 8.92.